The number of hydrogen-bond acceptors (Lipinski definition) is 5. The second-order valence-corrected chi connectivity index (χ2v) is 7.35. The zero-order valence-corrected chi connectivity index (χ0v) is 17.4. The van der Waals surface area contributed by atoms with Crippen molar-refractivity contribution in [2.24, 2.45) is 5.10 Å². The van der Waals surface area contributed by atoms with E-state index in [2.05, 4.69) is 16.6 Å². The summed E-state index contributed by atoms with van der Waals surface area (Å²) in [5.41, 5.74) is 7.62. The zero-order chi connectivity index (χ0) is 21.9. The van der Waals surface area contributed by atoms with Gasteiger partial charge in [-0.05, 0) is 43.3 Å². The van der Waals surface area contributed by atoms with Gasteiger partial charge >= 0.3 is 0 Å². The Bertz CT molecular complexity index is 1310. The lowest BCUT2D eigenvalue weighted by Gasteiger charge is -2.02. The van der Waals surface area contributed by atoms with E-state index >= 15 is 0 Å². The predicted molar refractivity (Wildman–Crippen MR) is 121 cm³/mol. The van der Waals surface area contributed by atoms with E-state index < -0.39 is 0 Å². The number of fused-ring (bicyclic) bond motifs is 1. The van der Waals surface area contributed by atoms with Gasteiger partial charge in [0.25, 0.3) is 5.91 Å². The number of hydrazone groups is 1. The fourth-order valence-corrected chi connectivity index (χ4v) is 3.47. The first-order chi connectivity index (χ1) is 15.7. The molecule has 0 fully saturated rings. The summed E-state index contributed by atoms with van der Waals surface area (Å²) in [5, 5.41) is 8.95. The molecule has 0 bridgehead atoms. The summed E-state index contributed by atoms with van der Waals surface area (Å²) < 4.78 is 12.4. The molecule has 3 aromatic carbocycles. The lowest BCUT2D eigenvalue weighted by Crippen LogP contribution is -2.17. The number of aromatic nitrogens is 2. The summed E-state index contributed by atoms with van der Waals surface area (Å²) in [6, 6.07) is 23.0. The van der Waals surface area contributed by atoms with Crippen LogP contribution in [0.2, 0.25) is 0 Å². The topological polar surface area (TPSA) is 77.7 Å². The number of rotatable bonds is 5. The number of benzene rings is 3. The number of nitrogens with one attached hydrogen (secondary N) is 1. The predicted octanol–water partition coefficient (Wildman–Crippen LogP) is 4.34. The van der Waals surface area contributed by atoms with Gasteiger partial charge in [-0.15, -0.1) is 0 Å². The van der Waals surface area contributed by atoms with E-state index in [9.17, 15) is 4.79 Å². The zero-order valence-electron chi connectivity index (χ0n) is 17.4. The van der Waals surface area contributed by atoms with E-state index in [1.807, 2.05) is 61.7 Å². The van der Waals surface area contributed by atoms with Crippen LogP contribution in [0, 0.1) is 6.92 Å². The van der Waals surface area contributed by atoms with Crippen LogP contribution in [0.1, 0.15) is 21.5 Å². The summed E-state index contributed by atoms with van der Waals surface area (Å²) >= 11 is 0. The summed E-state index contributed by atoms with van der Waals surface area (Å²) in [7, 11) is 0. The Morgan fingerprint density at radius 1 is 1.03 bits per heavy atom. The number of aryl methyl sites for hydroxylation is 1. The average molecular weight is 424 g/mol. The van der Waals surface area contributed by atoms with Crippen molar-refractivity contribution >= 4 is 12.1 Å². The lowest BCUT2D eigenvalue weighted by atomic mass is 10.1. The maximum atomic E-state index is 12.5. The molecule has 7 nitrogen and oxygen atoms in total. The van der Waals surface area contributed by atoms with Crippen LogP contribution in [-0.4, -0.2) is 28.7 Å². The van der Waals surface area contributed by atoms with Crippen molar-refractivity contribution in [2.75, 3.05) is 6.79 Å². The SMILES string of the molecule is Cc1cccc(-c2nn(-c3ccccc3)cc2/C=N/NC(=O)c2ccc3c(c2)OCO3)c1. The minimum atomic E-state index is -0.341. The first-order valence-electron chi connectivity index (χ1n) is 10.1. The van der Waals surface area contributed by atoms with Crippen molar-refractivity contribution in [3.63, 3.8) is 0 Å². The van der Waals surface area contributed by atoms with Crippen LogP contribution >= 0.6 is 0 Å². The average Bonchev–Trinajstić information content (AvgIpc) is 3.46. The molecule has 1 aromatic heterocycles. The molecule has 0 spiro atoms. The van der Waals surface area contributed by atoms with Gasteiger partial charge < -0.3 is 9.47 Å². The first-order valence-corrected chi connectivity index (χ1v) is 10.1. The summed E-state index contributed by atoms with van der Waals surface area (Å²) in [6.45, 7) is 2.20. The number of nitrogens with zero attached hydrogens (tertiary/aromatic N) is 3. The second-order valence-electron chi connectivity index (χ2n) is 7.35. The maximum Gasteiger partial charge on any atom is 0.271 e. The van der Waals surface area contributed by atoms with Gasteiger partial charge in [-0.1, -0.05) is 42.0 Å². The van der Waals surface area contributed by atoms with Crippen molar-refractivity contribution in [3.05, 3.63) is 95.7 Å². The normalized spacial score (nSPS) is 12.3. The number of carbonyl (C=O) groups is 1. The third-order valence-electron chi connectivity index (χ3n) is 5.06. The fraction of sp³-hybridized carbons (Fsp3) is 0.0800. The van der Waals surface area contributed by atoms with Gasteiger partial charge in [0, 0.05) is 22.9 Å². The first kappa shape index (κ1) is 19.6. The molecular weight excluding hydrogens is 404 g/mol. The van der Waals surface area contributed by atoms with Crippen molar-refractivity contribution in [2.45, 2.75) is 6.92 Å². The Hall–Kier alpha value is -4.39. The molecule has 1 aliphatic heterocycles. The Labute approximate surface area is 184 Å². The van der Waals surface area contributed by atoms with E-state index in [-0.39, 0.29) is 12.7 Å². The van der Waals surface area contributed by atoms with Gasteiger partial charge in [0.1, 0.15) is 5.69 Å². The standard InChI is InChI=1S/C25H20N4O3/c1-17-6-5-7-18(12-17)24-20(15-29(28-24)21-8-3-2-4-9-21)14-26-27-25(30)19-10-11-22-23(13-19)32-16-31-22/h2-15H,16H2,1H3,(H,27,30)/b26-14+. The van der Waals surface area contributed by atoms with Crippen LogP contribution in [-0.2, 0) is 0 Å². The van der Waals surface area contributed by atoms with E-state index in [1.54, 1.807) is 29.1 Å². The number of para-hydroxylation sites is 1. The largest absolute Gasteiger partial charge is 0.454 e. The van der Waals surface area contributed by atoms with Crippen molar-refractivity contribution in [1.82, 2.24) is 15.2 Å². The molecule has 0 aliphatic carbocycles. The quantitative estimate of drug-likeness (QED) is 0.382. The van der Waals surface area contributed by atoms with Crippen LogP contribution in [0.5, 0.6) is 11.5 Å². The van der Waals surface area contributed by atoms with E-state index in [0.717, 1.165) is 28.1 Å². The fourth-order valence-electron chi connectivity index (χ4n) is 3.47. The molecule has 1 amide bonds. The highest BCUT2D eigenvalue weighted by Crippen LogP contribution is 2.32. The van der Waals surface area contributed by atoms with Crippen LogP contribution in [0.15, 0.2) is 84.1 Å². The molecule has 1 aliphatic rings. The molecule has 0 atom stereocenters. The molecule has 0 unspecified atom stereocenters. The Balaban J connectivity index is 1.42. The van der Waals surface area contributed by atoms with Gasteiger partial charge in [-0.25, -0.2) is 10.1 Å². The molecule has 5 rings (SSSR count). The minimum absolute atomic E-state index is 0.158. The maximum absolute atomic E-state index is 12.5. The van der Waals surface area contributed by atoms with Crippen molar-refractivity contribution < 1.29 is 14.3 Å². The molecule has 0 saturated carbocycles. The van der Waals surface area contributed by atoms with E-state index in [0.29, 0.717) is 17.1 Å². The van der Waals surface area contributed by atoms with Crippen molar-refractivity contribution in [1.29, 1.82) is 0 Å². The molecule has 7 heteroatoms. The monoisotopic (exact) mass is 424 g/mol. The van der Waals surface area contributed by atoms with Gasteiger partial charge in [-0.3, -0.25) is 4.79 Å². The molecule has 4 aromatic rings. The molecule has 158 valence electrons. The summed E-state index contributed by atoms with van der Waals surface area (Å²) in [6.07, 6.45) is 3.50. The van der Waals surface area contributed by atoms with Gasteiger partial charge in [0.05, 0.1) is 11.9 Å². The Kier molecular flexibility index (Phi) is 5.13. The Morgan fingerprint density at radius 2 is 1.88 bits per heavy atom. The van der Waals surface area contributed by atoms with Gasteiger partial charge in [0.15, 0.2) is 11.5 Å². The summed E-state index contributed by atoms with van der Waals surface area (Å²) in [5.74, 6) is 0.834. The molecule has 2 heterocycles. The van der Waals surface area contributed by atoms with Crippen LogP contribution in [0.3, 0.4) is 0 Å². The van der Waals surface area contributed by atoms with Crippen LogP contribution in [0.25, 0.3) is 16.9 Å². The van der Waals surface area contributed by atoms with Crippen LogP contribution < -0.4 is 14.9 Å². The molecule has 1 N–H and O–H groups in total. The number of ether oxygens (including phenoxy) is 2. The van der Waals surface area contributed by atoms with E-state index in [1.165, 1.54) is 0 Å². The van der Waals surface area contributed by atoms with Gasteiger partial charge in [0.2, 0.25) is 6.79 Å². The lowest BCUT2D eigenvalue weighted by molar-refractivity contribution is 0.0954. The number of hydrogen-bond donors (Lipinski definition) is 1. The summed E-state index contributed by atoms with van der Waals surface area (Å²) in [4.78, 5) is 12.5. The van der Waals surface area contributed by atoms with Gasteiger partial charge in [-0.2, -0.15) is 10.2 Å². The highest BCUT2D eigenvalue weighted by atomic mass is 16.7. The molecular formula is C25H20N4O3. The molecule has 32 heavy (non-hydrogen) atoms. The van der Waals surface area contributed by atoms with E-state index in [4.69, 9.17) is 14.6 Å². The third kappa shape index (κ3) is 3.96. The Morgan fingerprint density at radius 3 is 2.72 bits per heavy atom. The number of amides is 1. The third-order valence-corrected chi connectivity index (χ3v) is 5.06. The smallest absolute Gasteiger partial charge is 0.271 e. The van der Waals surface area contributed by atoms with Crippen LogP contribution in [0.4, 0.5) is 0 Å². The number of carbonyl (C=O) groups excluding carboxylic acids is 1. The second kappa shape index (κ2) is 8.39. The molecule has 0 radical (unpaired) electrons. The minimum Gasteiger partial charge on any atom is -0.454 e. The highest BCUT2D eigenvalue weighted by Gasteiger charge is 2.16. The van der Waals surface area contributed by atoms with Crippen molar-refractivity contribution in [3.8, 4) is 28.4 Å². The molecule has 0 saturated heterocycles. The highest BCUT2D eigenvalue weighted by molar-refractivity contribution is 5.96.